The Balaban J connectivity index is 2.66. The summed E-state index contributed by atoms with van der Waals surface area (Å²) in [5.74, 6) is 1.61. The van der Waals surface area contributed by atoms with Crippen molar-refractivity contribution in [2.24, 2.45) is 11.8 Å². The van der Waals surface area contributed by atoms with Gasteiger partial charge in [0.15, 0.2) is 0 Å². The second-order valence-electron chi connectivity index (χ2n) is 5.77. The fourth-order valence-corrected chi connectivity index (χ4v) is 1.93. The molecule has 0 aliphatic heterocycles. The quantitative estimate of drug-likeness (QED) is 0.792. The van der Waals surface area contributed by atoms with E-state index in [2.05, 4.69) is 33.0 Å². The summed E-state index contributed by atoms with van der Waals surface area (Å²) in [7, 11) is 1.67. The van der Waals surface area contributed by atoms with E-state index in [1.54, 1.807) is 7.11 Å². The minimum absolute atomic E-state index is 0.266. The number of aliphatic hydroxyl groups is 1. The molecule has 0 aliphatic carbocycles. The number of nitrogens with one attached hydrogen (secondary N) is 1. The van der Waals surface area contributed by atoms with E-state index in [0.717, 1.165) is 17.9 Å². The monoisotopic (exact) mass is 265 g/mol. The van der Waals surface area contributed by atoms with Crippen molar-refractivity contribution in [1.29, 1.82) is 0 Å². The number of benzene rings is 1. The summed E-state index contributed by atoms with van der Waals surface area (Å²) in [6, 6.07) is 8.18. The van der Waals surface area contributed by atoms with Crippen LogP contribution in [0, 0.1) is 11.8 Å². The molecule has 3 heteroatoms. The van der Waals surface area contributed by atoms with Gasteiger partial charge in [-0.1, -0.05) is 27.7 Å². The Kier molecular flexibility index (Phi) is 6.16. The first kappa shape index (κ1) is 15.8. The highest BCUT2D eigenvalue weighted by molar-refractivity contribution is 5.47. The molecule has 2 N–H and O–H groups in total. The third-order valence-electron chi connectivity index (χ3n) is 3.51. The highest BCUT2D eigenvalue weighted by Gasteiger charge is 2.19. The molecule has 0 unspecified atom stereocenters. The number of methoxy groups -OCH3 is 1. The molecule has 0 saturated carbocycles. The van der Waals surface area contributed by atoms with Gasteiger partial charge in [-0.15, -0.1) is 0 Å². The van der Waals surface area contributed by atoms with Crippen molar-refractivity contribution in [3.05, 3.63) is 24.3 Å². The molecule has 2 atom stereocenters. The summed E-state index contributed by atoms with van der Waals surface area (Å²) in [5, 5.41) is 13.5. The number of hydrogen-bond acceptors (Lipinski definition) is 3. The highest BCUT2D eigenvalue weighted by atomic mass is 16.5. The molecule has 0 spiro atoms. The number of ether oxygens (including phenoxy) is 1. The molecule has 0 aromatic heterocycles. The number of aliphatic hydroxyl groups excluding tert-OH is 1. The Morgan fingerprint density at radius 1 is 1.05 bits per heavy atom. The smallest absolute Gasteiger partial charge is 0.119 e. The summed E-state index contributed by atoms with van der Waals surface area (Å²) in [4.78, 5) is 0. The predicted molar refractivity (Wildman–Crippen MR) is 80.7 cm³/mol. The summed E-state index contributed by atoms with van der Waals surface area (Å²) >= 11 is 0. The lowest BCUT2D eigenvalue weighted by Crippen LogP contribution is -2.32. The fourth-order valence-electron chi connectivity index (χ4n) is 1.93. The Morgan fingerprint density at radius 3 is 2.05 bits per heavy atom. The lowest BCUT2D eigenvalue weighted by Gasteiger charge is -2.27. The molecule has 0 radical (unpaired) electrons. The molecular weight excluding hydrogens is 238 g/mol. The van der Waals surface area contributed by atoms with Gasteiger partial charge >= 0.3 is 0 Å². The maximum Gasteiger partial charge on any atom is 0.119 e. The zero-order valence-corrected chi connectivity index (χ0v) is 12.7. The predicted octanol–water partition coefficient (Wildman–Crippen LogP) is 3.54. The molecule has 1 aromatic rings. The van der Waals surface area contributed by atoms with Gasteiger partial charge in [0.1, 0.15) is 5.75 Å². The van der Waals surface area contributed by atoms with Gasteiger partial charge in [-0.2, -0.15) is 0 Å². The van der Waals surface area contributed by atoms with Crippen molar-refractivity contribution in [1.82, 2.24) is 0 Å². The van der Waals surface area contributed by atoms with Crippen LogP contribution in [-0.2, 0) is 0 Å². The molecule has 19 heavy (non-hydrogen) atoms. The number of anilines is 1. The van der Waals surface area contributed by atoms with E-state index in [4.69, 9.17) is 4.74 Å². The molecular formula is C16H27NO2. The van der Waals surface area contributed by atoms with Gasteiger partial charge in [0, 0.05) is 11.7 Å². The van der Waals surface area contributed by atoms with Crippen LogP contribution in [0.1, 0.15) is 34.1 Å². The van der Waals surface area contributed by atoms with Crippen LogP contribution in [0.15, 0.2) is 24.3 Å². The third kappa shape index (κ3) is 5.11. The van der Waals surface area contributed by atoms with E-state index in [1.165, 1.54) is 0 Å². The summed E-state index contributed by atoms with van der Waals surface area (Å²) < 4.78 is 5.15. The normalized spacial score (nSPS) is 14.5. The SMILES string of the molecule is COc1ccc(N[C@@H](C[C@@H](O)C(C)C)C(C)C)cc1. The fraction of sp³-hybridized carbons (Fsp3) is 0.625. The van der Waals surface area contributed by atoms with Crippen LogP contribution in [0.3, 0.4) is 0 Å². The van der Waals surface area contributed by atoms with E-state index < -0.39 is 0 Å². The van der Waals surface area contributed by atoms with E-state index in [1.807, 2.05) is 24.3 Å². The van der Waals surface area contributed by atoms with Crippen molar-refractivity contribution in [2.45, 2.75) is 46.3 Å². The van der Waals surface area contributed by atoms with E-state index in [9.17, 15) is 5.11 Å². The van der Waals surface area contributed by atoms with Crippen molar-refractivity contribution in [2.75, 3.05) is 12.4 Å². The first-order valence-corrected chi connectivity index (χ1v) is 7.02. The molecule has 1 rings (SSSR count). The Labute approximate surface area is 117 Å². The molecule has 3 nitrogen and oxygen atoms in total. The largest absolute Gasteiger partial charge is 0.497 e. The number of rotatable bonds is 7. The Bertz CT molecular complexity index is 360. The van der Waals surface area contributed by atoms with Gasteiger partial charge in [-0.25, -0.2) is 0 Å². The van der Waals surface area contributed by atoms with Gasteiger partial charge in [-0.05, 0) is 42.5 Å². The second kappa shape index (κ2) is 7.39. The van der Waals surface area contributed by atoms with Gasteiger partial charge in [0.2, 0.25) is 0 Å². The minimum atomic E-state index is -0.266. The van der Waals surface area contributed by atoms with Crippen LogP contribution in [0.5, 0.6) is 5.75 Å². The van der Waals surface area contributed by atoms with Crippen molar-refractivity contribution in [3.8, 4) is 5.75 Å². The van der Waals surface area contributed by atoms with E-state index in [-0.39, 0.29) is 12.1 Å². The summed E-state index contributed by atoms with van der Waals surface area (Å²) in [5.41, 5.74) is 1.07. The first-order chi connectivity index (χ1) is 8.93. The van der Waals surface area contributed by atoms with E-state index in [0.29, 0.717) is 11.8 Å². The topological polar surface area (TPSA) is 41.5 Å². The van der Waals surface area contributed by atoms with Gasteiger partial charge < -0.3 is 15.2 Å². The van der Waals surface area contributed by atoms with Crippen LogP contribution < -0.4 is 10.1 Å². The van der Waals surface area contributed by atoms with Crippen LogP contribution in [0.4, 0.5) is 5.69 Å². The Hall–Kier alpha value is -1.22. The zero-order valence-electron chi connectivity index (χ0n) is 12.7. The molecule has 0 amide bonds. The zero-order chi connectivity index (χ0) is 14.4. The molecule has 0 fully saturated rings. The molecule has 0 heterocycles. The van der Waals surface area contributed by atoms with Crippen molar-refractivity contribution in [3.63, 3.8) is 0 Å². The van der Waals surface area contributed by atoms with Crippen LogP contribution >= 0.6 is 0 Å². The lowest BCUT2D eigenvalue weighted by molar-refractivity contribution is 0.105. The molecule has 0 aliphatic rings. The maximum atomic E-state index is 10.0. The van der Waals surface area contributed by atoms with Crippen LogP contribution in [0.2, 0.25) is 0 Å². The van der Waals surface area contributed by atoms with Gasteiger partial charge in [-0.3, -0.25) is 0 Å². The maximum absolute atomic E-state index is 10.0. The van der Waals surface area contributed by atoms with Gasteiger partial charge in [0.05, 0.1) is 13.2 Å². The second-order valence-corrected chi connectivity index (χ2v) is 5.77. The highest BCUT2D eigenvalue weighted by Crippen LogP contribution is 2.21. The standard InChI is InChI=1S/C16H27NO2/c1-11(2)15(10-16(18)12(3)4)17-13-6-8-14(19-5)9-7-13/h6-9,11-12,15-18H,10H2,1-5H3/t15-,16+/m0/s1. The average Bonchev–Trinajstić information content (AvgIpc) is 2.38. The number of hydrogen-bond donors (Lipinski definition) is 2. The molecule has 0 saturated heterocycles. The van der Waals surface area contributed by atoms with E-state index >= 15 is 0 Å². The first-order valence-electron chi connectivity index (χ1n) is 7.02. The van der Waals surface area contributed by atoms with Crippen LogP contribution in [0.25, 0.3) is 0 Å². The lowest BCUT2D eigenvalue weighted by atomic mass is 9.93. The Morgan fingerprint density at radius 2 is 1.63 bits per heavy atom. The summed E-state index contributed by atoms with van der Waals surface area (Å²) in [6.45, 7) is 8.45. The third-order valence-corrected chi connectivity index (χ3v) is 3.51. The van der Waals surface area contributed by atoms with Crippen LogP contribution in [-0.4, -0.2) is 24.4 Å². The van der Waals surface area contributed by atoms with Crippen molar-refractivity contribution >= 4 is 5.69 Å². The molecule has 0 bridgehead atoms. The molecule has 108 valence electrons. The minimum Gasteiger partial charge on any atom is -0.497 e. The molecule has 1 aromatic carbocycles. The van der Waals surface area contributed by atoms with Crippen molar-refractivity contribution < 1.29 is 9.84 Å². The average molecular weight is 265 g/mol. The van der Waals surface area contributed by atoms with Gasteiger partial charge in [0.25, 0.3) is 0 Å². The summed E-state index contributed by atoms with van der Waals surface area (Å²) in [6.07, 6.45) is 0.500.